The number of ether oxygens (including phenoxy) is 2. The number of anilines is 1. The van der Waals surface area contributed by atoms with Gasteiger partial charge in [-0.25, -0.2) is 4.79 Å². The number of alkyl halides is 12. The van der Waals surface area contributed by atoms with E-state index in [1.165, 1.54) is 6.92 Å². The molecule has 20 heteroatoms. The van der Waals surface area contributed by atoms with Gasteiger partial charge in [0.1, 0.15) is 11.9 Å². The summed E-state index contributed by atoms with van der Waals surface area (Å²) in [6.45, 7) is 4.46. The van der Waals surface area contributed by atoms with E-state index in [0.717, 1.165) is 12.0 Å². The summed E-state index contributed by atoms with van der Waals surface area (Å²) in [4.78, 5) is 14.1. The van der Waals surface area contributed by atoms with Crippen molar-refractivity contribution in [3.8, 4) is 5.75 Å². The van der Waals surface area contributed by atoms with E-state index in [4.69, 9.17) is 9.47 Å². The highest BCUT2D eigenvalue weighted by molar-refractivity contribution is 7.93. The van der Waals surface area contributed by atoms with E-state index in [2.05, 4.69) is 0 Å². The van der Waals surface area contributed by atoms with Crippen LogP contribution in [0.4, 0.5) is 63.2 Å². The summed E-state index contributed by atoms with van der Waals surface area (Å²) in [5.41, 5.74) is -13.4. The number of amides is 1. The van der Waals surface area contributed by atoms with Gasteiger partial charge in [-0.3, -0.25) is 9.21 Å². The SMILES string of the molecule is COc1cc(C(F)(F)F)c(N(C)S(=O)(=O)C(F)(F)F)cc1C1=C(CN2C(=O)O[C@H](c3cc(C(F)(F)F)cc(C(F)(F)F)c3)[C@@H]2C)CC(C)(C)CC1. The van der Waals surface area contributed by atoms with E-state index in [1.54, 1.807) is 13.8 Å². The normalized spacial score (nSPS) is 20.5. The van der Waals surface area contributed by atoms with Gasteiger partial charge in [0.15, 0.2) is 0 Å². The Labute approximate surface area is 283 Å². The van der Waals surface area contributed by atoms with Gasteiger partial charge in [0.2, 0.25) is 0 Å². The number of methoxy groups -OCH3 is 1. The molecule has 1 heterocycles. The fourth-order valence-electron chi connectivity index (χ4n) is 6.14. The second kappa shape index (κ2) is 13.0. The van der Waals surface area contributed by atoms with Crippen LogP contribution in [-0.2, 0) is 33.3 Å². The van der Waals surface area contributed by atoms with Crippen LogP contribution >= 0.6 is 0 Å². The molecule has 0 bridgehead atoms. The first kappa shape index (κ1) is 39.9. The molecule has 2 atom stereocenters. The number of carbonyl (C=O) groups is 1. The standard InChI is InChI=1S/C31H30F12N2O5S/c1-15-25(16-8-18(28(32,33)34)10-19(9-16)29(35,36)37)50-26(46)45(15)14-17-13-27(2,3)7-6-20(17)21-11-23(44(4)51(47,48)31(41,42)43)22(30(38,39)40)12-24(21)49-5/h8-12,15,25H,6-7,13-14H2,1-5H3/t15-,25-/m0/s1. The number of sulfonamides is 1. The quantitative estimate of drug-likeness (QED) is 0.262. The molecule has 2 aliphatic rings. The van der Waals surface area contributed by atoms with Crippen LogP contribution in [0.3, 0.4) is 0 Å². The molecule has 2 aromatic carbocycles. The average molecular weight is 771 g/mol. The van der Waals surface area contributed by atoms with Gasteiger partial charge in [0, 0.05) is 19.2 Å². The van der Waals surface area contributed by atoms with Crippen LogP contribution in [-0.4, -0.2) is 51.7 Å². The summed E-state index contributed by atoms with van der Waals surface area (Å²) in [6, 6.07) is 0.464. The lowest BCUT2D eigenvalue weighted by molar-refractivity contribution is -0.143. The molecule has 1 aliphatic heterocycles. The zero-order valence-electron chi connectivity index (χ0n) is 27.2. The van der Waals surface area contributed by atoms with E-state index < -0.39 is 102 Å². The Hall–Kier alpha value is -3.84. The predicted octanol–water partition coefficient (Wildman–Crippen LogP) is 9.58. The van der Waals surface area contributed by atoms with Crippen LogP contribution < -0.4 is 9.04 Å². The van der Waals surface area contributed by atoms with Crippen molar-refractivity contribution in [1.29, 1.82) is 0 Å². The van der Waals surface area contributed by atoms with Crippen molar-refractivity contribution in [1.82, 2.24) is 4.90 Å². The summed E-state index contributed by atoms with van der Waals surface area (Å²) < 4.78 is 198. The minimum Gasteiger partial charge on any atom is -0.496 e. The van der Waals surface area contributed by atoms with Gasteiger partial charge in [-0.2, -0.15) is 61.1 Å². The lowest BCUT2D eigenvalue weighted by Gasteiger charge is -2.36. The van der Waals surface area contributed by atoms with Crippen molar-refractivity contribution < 1.29 is 75.4 Å². The number of nitrogens with zero attached hydrogens (tertiary/aromatic N) is 2. The third-order valence-corrected chi connectivity index (χ3v) is 10.3. The lowest BCUT2D eigenvalue weighted by Crippen LogP contribution is -2.39. The Morgan fingerprint density at radius 1 is 0.902 bits per heavy atom. The molecule has 0 radical (unpaired) electrons. The highest BCUT2D eigenvalue weighted by Gasteiger charge is 2.51. The molecule has 0 N–H and O–H groups in total. The first-order valence-electron chi connectivity index (χ1n) is 14.8. The smallest absolute Gasteiger partial charge is 0.496 e. The van der Waals surface area contributed by atoms with Crippen molar-refractivity contribution in [2.45, 2.75) is 76.2 Å². The third-order valence-electron chi connectivity index (χ3n) is 8.80. The topological polar surface area (TPSA) is 76.2 Å². The zero-order chi connectivity index (χ0) is 38.9. The second-order valence-electron chi connectivity index (χ2n) is 12.9. The number of allylic oxidation sites excluding steroid dienone is 1. The van der Waals surface area contributed by atoms with Crippen molar-refractivity contribution >= 4 is 27.4 Å². The van der Waals surface area contributed by atoms with E-state index in [-0.39, 0.29) is 30.0 Å². The molecule has 284 valence electrons. The van der Waals surface area contributed by atoms with Crippen LogP contribution in [0.5, 0.6) is 5.75 Å². The molecule has 51 heavy (non-hydrogen) atoms. The molecular weight excluding hydrogens is 740 g/mol. The predicted molar refractivity (Wildman–Crippen MR) is 158 cm³/mol. The Bertz CT molecular complexity index is 1800. The molecular formula is C31H30F12N2O5S. The maximum absolute atomic E-state index is 14.1. The number of hydrogen-bond donors (Lipinski definition) is 0. The summed E-state index contributed by atoms with van der Waals surface area (Å²) in [5, 5.41) is 0. The van der Waals surface area contributed by atoms with Gasteiger partial charge in [0.05, 0.1) is 35.5 Å². The van der Waals surface area contributed by atoms with Crippen molar-refractivity contribution in [2.75, 3.05) is 25.0 Å². The van der Waals surface area contributed by atoms with Crippen LogP contribution in [0.15, 0.2) is 35.9 Å². The maximum atomic E-state index is 14.1. The molecule has 1 amide bonds. The molecule has 4 rings (SSSR count). The minimum atomic E-state index is -6.34. The van der Waals surface area contributed by atoms with Crippen molar-refractivity contribution in [3.63, 3.8) is 0 Å². The molecule has 0 spiro atoms. The molecule has 1 saturated heterocycles. The van der Waals surface area contributed by atoms with Gasteiger partial charge in [-0.05, 0) is 78.6 Å². The zero-order valence-corrected chi connectivity index (χ0v) is 28.1. The molecule has 2 aromatic rings. The van der Waals surface area contributed by atoms with E-state index >= 15 is 0 Å². The third kappa shape index (κ3) is 7.99. The maximum Gasteiger partial charge on any atom is 0.516 e. The highest BCUT2D eigenvalue weighted by atomic mass is 32.2. The summed E-state index contributed by atoms with van der Waals surface area (Å²) >= 11 is 0. The Morgan fingerprint density at radius 2 is 1.45 bits per heavy atom. The van der Waals surface area contributed by atoms with Gasteiger partial charge in [0.25, 0.3) is 0 Å². The number of benzene rings is 2. The first-order valence-corrected chi connectivity index (χ1v) is 16.3. The number of hydrogen-bond acceptors (Lipinski definition) is 5. The van der Waals surface area contributed by atoms with Gasteiger partial charge in [-0.15, -0.1) is 0 Å². The summed E-state index contributed by atoms with van der Waals surface area (Å²) in [7, 11) is -5.07. The van der Waals surface area contributed by atoms with Crippen LogP contribution in [0.25, 0.3) is 5.57 Å². The average Bonchev–Trinajstić information content (AvgIpc) is 3.26. The molecule has 0 unspecified atom stereocenters. The van der Waals surface area contributed by atoms with Crippen LogP contribution in [0.1, 0.15) is 74.0 Å². The Balaban J connectivity index is 1.87. The molecule has 0 aromatic heterocycles. The molecule has 0 saturated carbocycles. The Kier molecular flexibility index (Phi) is 10.2. The van der Waals surface area contributed by atoms with Gasteiger partial charge in [-0.1, -0.05) is 13.8 Å². The van der Waals surface area contributed by atoms with E-state index in [0.29, 0.717) is 43.3 Å². The molecule has 1 aliphatic carbocycles. The molecule has 7 nitrogen and oxygen atoms in total. The second-order valence-corrected chi connectivity index (χ2v) is 14.9. The minimum absolute atomic E-state index is 0.0303. The highest BCUT2D eigenvalue weighted by Crippen LogP contribution is 2.50. The fourth-order valence-corrected chi connectivity index (χ4v) is 6.86. The van der Waals surface area contributed by atoms with Gasteiger partial charge < -0.3 is 9.47 Å². The number of rotatable bonds is 7. The van der Waals surface area contributed by atoms with Crippen molar-refractivity contribution in [2.24, 2.45) is 5.41 Å². The van der Waals surface area contributed by atoms with Crippen molar-refractivity contribution in [3.05, 3.63) is 63.7 Å². The van der Waals surface area contributed by atoms with E-state index in [9.17, 15) is 65.9 Å². The Morgan fingerprint density at radius 3 is 1.92 bits per heavy atom. The summed E-state index contributed by atoms with van der Waals surface area (Å²) in [6.07, 6.45) is -18.1. The van der Waals surface area contributed by atoms with E-state index in [1.807, 2.05) is 0 Å². The van der Waals surface area contributed by atoms with Gasteiger partial charge >= 0.3 is 40.2 Å². The number of carbonyl (C=O) groups excluding carboxylic acids is 1. The number of halogens is 12. The summed E-state index contributed by atoms with van der Waals surface area (Å²) in [5.74, 6) is -0.505. The largest absolute Gasteiger partial charge is 0.516 e. The monoisotopic (exact) mass is 770 g/mol. The lowest BCUT2D eigenvalue weighted by atomic mass is 9.72. The molecule has 1 fully saturated rings. The van der Waals surface area contributed by atoms with Crippen LogP contribution in [0, 0.1) is 5.41 Å². The van der Waals surface area contributed by atoms with Crippen LogP contribution in [0.2, 0.25) is 0 Å². The first-order chi connectivity index (χ1) is 23.0. The number of cyclic esters (lactones) is 1. The fraction of sp³-hybridized carbons (Fsp3) is 0.516.